The van der Waals surface area contributed by atoms with Crippen LogP contribution in [0.3, 0.4) is 0 Å². The predicted octanol–water partition coefficient (Wildman–Crippen LogP) is 2.46. The van der Waals surface area contributed by atoms with Gasteiger partial charge >= 0.3 is 6.03 Å². The second kappa shape index (κ2) is 21.5. The van der Waals surface area contributed by atoms with Crippen LogP contribution in [-0.4, -0.2) is 128 Å². The lowest BCUT2D eigenvalue weighted by atomic mass is 9.83. The van der Waals surface area contributed by atoms with Crippen molar-refractivity contribution in [1.29, 1.82) is 0 Å². The zero-order chi connectivity index (χ0) is 42.5. The number of urea groups is 1. The van der Waals surface area contributed by atoms with E-state index < -0.39 is 72.3 Å². The summed E-state index contributed by atoms with van der Waals surface area (Å²) >= 11 is 0. The van der Waals surface area contributed by atoms with Crippen LogP contribution in [0.1, 0.15) is 81.9 Å². The van der Waals surface area contributed by atoms with Crippen LogP contribution in [0.2, 0.25) is 0 Å². The molecule has 16 nitrogen and oxygen atoms in total. The second-order valence-electron chi connectivity index (χ2n) is 15.8. The Morgan fingerprint density at radius 1 is 0.932 bits per heavy atom. The Labute approximate surface area is 346 Å². The van der Waals surface area contributed by atoms with Crippen LogP contribution in [-0.2, 0) is 40.0 Å². The monoisotopic (exact) mass is 817 g/mol. The number of rotatable bonds is 12. The molecule has 1 aliphatic carbocycles. The number of Topliss-reactive ketones (excluding diaryl/α,β-unsaturated/α-hetero) is 1. The number of nitrogens with one attached hydrogen (secondary N) is 4. The maximum absolute atomic E-state index is 14.7. The summed E-state index contributed by atoms with van der Waals surface area (Å²) in [5.74, 6) is -3.62. The molecular formula is C43H59N7O9. The minimum atomic E-state index is -1.25. The van der Waals surface area contributed by atoms with Crippen LogP contribution in [0.5, 0.6) is 5.75 Å². The molecule has 1 saturated carbocycles. The van der Waals surface area contributed by atoms with Crippen LogP contribution < -0.4 is 26.0 Å². The van der Waals surface area contributed by atoms with E-state index in [0.29, 0.717) is 37.4 Å². The second-order valence-corrected chi connectivity index (χ2v) is 15.8. The van der Waals surface area contributed by atoms with E-state index in [9.17, 15) is 33.6 Å². The molecule has 1 saturated heterocycles. The van der Waals surface area contributed by atoms with Crippen LogP contribution in [0.15, 0.2) is 54.6 Å². The molecule has 4 N–H and O–H groups in total. The highest BCUT2D eigenvalue weighted by Gasteiger charge is 2.45. The standard InChI is InChI=1S/C43H59N7O9/c1-5-14-33(38(52)40(54)44-25-35(51)46-36(41(55)48(2)3)29-16-8-6-9-17-29)45-39(53)34-24-32-27-50(34)42(56)37(30-18-10-7-11-19-30)47-43(57)49(4)26-28-15-12-20-31(23-28)58-21-13-22-59-32/h6,8-9,12,15-17,20,23,30,32-34,36-37H,5,7,10-11,13-14,18-19,21-22,24-27H2,1-4H3,(H,44,54)(H,45,53)(H,46,51)(H,47,57)/t32-,33+,34?,36+,37-/m1/s1. The first kappa shape index (κ1) is 44.6. The summed E-state index contributed by atoms with van der Waals surface area (Å²) in [6.07, 6.45) is 5.06. The van der Waals surface area contributed by atoms with E-state index in [2.05, 4.69) is 21.3 Å². The quantitative estimate of drug-likeness (QED) is 0.233. The van der Waals surface area contributed by atoms with E-state index in [0.717, 1.165) is 37.7 Å². The molecule has 0 spiro atoms. The van der Waals surface area contributed by atoms with Crippen molar-refractivity contribution in [3.05, 3.63) is 65.7 Å². The van der Waals surface area contributed by atoms with Gasteiger partial charge in [-0.05, 0) is 48.4 Å². The Bertz CT molecular complexity index is 1800. The number of ketones is 1. The van der Waals surface area contributed by atoms with Gasteiger partial charge in [-0.1, -0.05) is 75.1 Å². The Hall–Kier alpha value is -5.51. The number of carbonyl (C=O) groups is 7. The normalized spacial score (nSPS) is 21.5. The molecule has 16 heteroatoms. The smallest absolute Gasteiger partial charge is 0.318 e. The van der Waals surface area contributed by atoms with Gasteiger partial charge in [-0.3, -0.25) is 28.8 Å². The number of fused-ring (bicyclic) bond motifs is 4. The molecule has 320 valence electrons. The summed E-state index contributed by atoms with van der Waals surface area (Å²) in [6, 6.07) is 11.5. The van der Waals surface area contributed by atoms with Crippen molar-refractivity contribution in [2.24, 2.45) is 5.92 Å². The molecule has 2 fully saturated rings. The molecule has 2 aromatic rings. The van der Waals surface area contributed by atoms with Gasteiger partial charge < -0.3 is 45.4 Å². The Morgan fingerprint density at radius 3 is 2.39 bits per heavy atom. The molecule has 4 bridgehead atoms. The maximum Gasteiger partial charge on any atom is 0.318 e. The summed E-state index contributed by atoms with van der Waals surface area (Å²) < 4.78 is 12.1. The Kier molecular flexibility index (Phi) is 16.2. The van der Waals surface area contributed by atoms with Crippen molar-refractivity contribution in [3.63, 3.8) is 0 Å². The third kappa shape index (κ3) is 12.3. The van der Waals surface area contributed by atoms with Gasteiger partial charge in [0.05, 0.1) is 31.9 Å². The summed E-state index contributed by atoms with van der Waals surface area (Å²) in [5, 5.41) is 10.7. The topological polar surface area (TPSA) is 196 Å². The number of carbonyl (C=O) groups excluding carboxylic acids is 7. The molecule has 5 rings (SSSR count). The Morgan fingerprint density at radius 2 is 1.68 bits per heavy atom. The van der Waals surface area contributed by atoms with Crippen LogP contribution in [0, 0.1) is 5.92 Å². The fraction of sp³-hybridized carbons (Fsp3) is 0.558. The molecule has 0 radical (unpaired) electrons. The number of amides is 7. The fourth-order valence-electron chi connectivity index (χ4n) is 7.89. The van der Waals surface area contributed by atoms with Crippen LogP contribution in [0.4, 0.5) is 4.79 Å². The highest BCUT2D eigenvalue weighted by molar-refractivity contribution is 6.38. The number of benzene rings is 2. The summed E-state index contributed by atoms with van der Waals surface area (Å²) in [6.45, 7) is 2.26. The van der Waals surface area contributed by atoms with Gasteiger partial charge in [-0.25, -0.2) is 4.79 Å². The molecule has 3 aliphatic rings. The van der Waals surface area contributed by atoms with E-state index >= 15 is 0 Å². The van der Waals surface area contributed by atoms with E-state index in [-0.39, 0.29) is 37.8 Å². The van der Waals surface area contributed by atoms with Crippen LogP contribution >= 0.6 is 0 Å². The third-order valence-electron chi connectivity index (χ3n) is 11.1. The SMILES string of the molecule is CCC[C@H](NC(=O)C1C[C@@H]2CN1C(=O)[C@@H](C1CCCCC1)NC(=O)N(C)Cc1cccc(c1)OCCCO2)C(=O)C(=O)NCC(=O)N[C@H](C(=O)N(C)C)c1ccccc1. The molecule has 59 heavy (non-hydrogen) atoms. The van der Waals surface area contributed by atoms with E-state index in [1.54, 1.807) is 58.4 Å². The van der Waals surface area contributed by atoms with E-state index in [1.165, 1.54) is 14.7 Å². The average Bonchev–Trinajstić information content (AvgIpc) is 3.67. The van der Waals surface area contributed by atoms with Gasteiger partial charge in [0.1, 0.15) is 23.9 Å². The summed E-state index contributed by atoms with van der Waals surface area (Å²) in [7, 11) is 4.78. The first-order chi connectivity index (χ1) is 28.4. The van der Waals surface area contributed by atoms with E-state index in [4.69, 9.17) is 9.47 Å². The predicted molar refractivity (Wildman–Crippen MR) is 218 cm³/mol. The van der Waals surface area contributed by atoms with Crippen molar-refractivity contribution in [2.45, 2.75) is 102 Å². The number of nitrogens with zero attached hydrogens (tertiary/aromatic N) is 3. The molecular weight excluding hydrogens is 759 g/mol. The Balaban J connectivity index is 1.29. The lowest BCUT2D eigenvalue weighted by Gasteiger charge is -2.35. The van der Waals surface area contributed by atoms with Crippen LogP contribution in [0.25, 0.3) is 0 Å². The minimum absolute atomic E-state index is 0.0930. The molecule has 2 aliphatic heterocycles. The number of ether oxygens (including phenoxy) is 2. The van der Waals surface area contributed by atoms with Gasteiger partial charge in [0.25, 0.3) is 5.91 Å². The fourth-order valence-corrected chi connectivity index (χ4v) is 7.89. The van der Waals surface area contributed by atoms with Gasteiger partial charge in [0, 0.05) is 47.1 Å². The lowest BCUT2D eigenvalue weighted by molar-refractivity contribution is -0.143. The lowest BCUT2D eigenvalue weighted by Crippen LogP contribution is -2.59. The minimum Gasteiger partial charge on any atom is -0.493 e. The summed E-state index contributed by atoms with van der Waals surface area (Å²) in [5.41, 5.74) is 1.41. The third-order valence-corrected chi connectivity index (χ3v) is 11.1. The number of likely N-dealkylation sites (N-methyl/N-ethyl adjacent to an activating group) is 1. The molecule has 2 aromatic carbocycles. The zero-order valence-corrected chi connectivity index (χ0v) is 34.6. The molecule has 2 heterocycles. The van der Waals surface area contributed by atoms with Crippen molar-refractivity contribution in [3.8, 4) is 5.75 Å². The van der Waals surface area contributed by atoms with Gasteiger partial charge in [-0.15, -0.1) is 0 Å². The molecule has 5 atom stereocenters. The first-order valence-electron chi connectivity index (χ1n) is 20.7. The largest absolute Gasteiger partial charge is 0.493 e. The van der Waals surface area contributed by atoms with Crippen molar-refractivity contribution in [1.82, 2.24) is 36.0 Å². The molecule has 7 amide bonds. The number of hydrogen-bond acceptors (Lipinski definition) is 9. The van der Waals surface area contributed by atoms with Crippen molar-refractivity contribution in [2.75, 3.05) is 47.4 Å². The highest BCUT2D eigenvalue weighted by atomic mass is 16.5. The zero-order valence-electron chi connectivity index (χ0n) is 34.6. The molecule has 1 unspecified atom stereocenters. The van der Waals surface area contributed by atoms with Gasteiger partial charge in [-0.2, -0.15) is 0 Å². The van der Waals surface area contributed by atoms with E-state index in [1.807, 2.05) is 24.3 Å². The number of hydrogen-bond donors (Lipinski definition) is 4. The summed E-state index contributed by atoms with van der Waals surface area (Å²) in [4.78, 5) is 99.4. The first-order valence-corrected chi connectivity index (χ1v) is 20.7. The van der Waals surface area contributed by atoms with Crippen molar-refractivity contribution < 1.29 is 43.0 Å². The molecule has 0 aromatic heterocycles. The average molecular weight is 818 g/mol. The maximum atomic E-state index is 14.7. The van der Waals surface area contributed by atoms with Gasteiger partial charge in [0.2, 0.25) is 29.4 Å². The van der Waals surface area contributed by atoms with Gasteiger partial charge in [0.15, 0.2) is 0 Å². The highest BCUT2D eigenvalue weighted by Crippen LogP contribution is 2.30. The van der Waals surface area contributed by atoms with Crippen molar-refractivity contribution >= 4 is 41.4 Å².